The van der Waals surface area contributed by atoms with Crippen molar-refractivity contribution in [1.29, 1.82) is 0 Å². The van der Waals surface area contributed by atoms with Gasteiger partial charge >= 0.3 is 0 Å². The molecule has 1 saturated heterocycles. The molecule has 104 valence electrons. The normalized spacial score (nSPS) is 31.1. The molecule has 0 radical (unpaired) electrons. The molecule has 0 aromatic rings. The topological polar surface area (TPSA) is 64.8 Å². The molecule has 1 heterocycles. The van der Waals surface area contributed by atoms with Crippen molar-refractivity contribution in [1.82, 2.24) is 4.90 Å². The Morgan fingerprint density at radius 1 is 1.39 bits per heavy atom. The maximum atomic E-state index is 12.2. The number of rotatable bonds is 3. The second-order valence-electron chi connectivity index (χ2n) is 5.26. The van der Waals surface area contributed by atoms with Crippen LogP contribution in [-0.4, -0.2) is 55.4 Å². The molecule has 1 saturated carbocycles. The largest absolute Gasteiger partial charge is 0.378 e. The van der Waals surface area contributed by atoms with Crippen molar-refractivity contribution in [3.8, 4) is 0 Å². The van der Waals surface area contributed by atoms with Gasteiger partial charge in [-0.3, -0.25) is 4.79 Å². The lowest BCUT2D eigenvalue weighted by Gasteiger charge is -2.32. The highest BCUT2D eigenvalue weighted by molar-refractivity contribution is 5.80. The fourth-order valence-corrected chi connectivity index (χ4v) is 2.69. The first-order chi connectivity index (χ1) is 8.66. The van der Waals surface area contributed by atoms with Gasteiger partial charge in [-0.25, -0.2) is 0 Å². The predicted molar refractivity (Wildman–Crippen MR) is 68.2 cm³/mol. The van der Waals surface area contributed by atoms with Crippen molar-refractivity contribution in [3.63, 3.8) is 0 Å². The third kappa shape index (κ3) is 3.67. The number of morpholine rings is 1. The molecule has 2 fully saturated rings. The molecule has 0 bridgehead atoms. The van der Waals surface area contributed by atoms with Crippen molar-refractivity contribution >= 4 is 5.91 Å². The maximum absolute atomic E-state index is 12.2. The van der Waals surface area contributed by atoms with E-state index in [9.17, 15) is 4.79 Å². The van der Waals surface area contributed by atoms with Gasteiger partial charge in [0.2, 0.25) is 0 Å². The quantitative estimate of drug-likeness (QED) is 0.799. The third-order valence-corrected chi connectivity index (χ3v) is 3.73. The van der Waals surface area contributed by atoms with E-state index in [4.69, 9.17) is 15.2 Å². The minimum absolute atomic E-state index is 0.0810. The van der Waals surface area contributed by atoms with Crippen LogP contribution in [0.1, 0.15) is 32.6 Å². The van der Waals surface area contributed by atoms with E-state index in [-0.39, 0.29) is 24.2 Å². The zero-order valence-electron chi connectivity index (χ0n) is 11.1. The number of nitrogens with two attached hydrogens (primary N) is 1. The van der Waals surface area contributed by atoms with Gasteiger partial charge in [-0.05, 0) is 32.6 Å². The van der Waals surface area contributed by atoms with Crippen LogP contribution < -0.4 is 5.73 Å². The van der Waals surface area contributed by atoms with Crippen LogP contribution in [0.25, 0.3) is 0 Å². The van der Waals surface area contributed by atoms with Crippen molar-refractivity contribution in [3.05, 3.63) is 0 Å². The van der Waals surface area contributed by atoms with Crippen LogP contribution in [0.3, 0.4) is 0 Å². The van der Waals surface area contributed by atoms with Crippen LogP contribution in [0.5, 0.6) is 0 Å². The highest BCUT2D eigenvalue weighted by atomic mass is 16.5. The minimum atomic E-state index is -0.363. The van der Waals surface area contributed by atoms with Gasteiger partial charge in [0.1, 0.15) is 6.10 Å². The smallest absolute Gasteiger partial charge is 0.251 e. The van der Waals surface area contributed by atoms with E-state index >= 15 is 0 Å². The highest BCUT2D eigenvalue weighted by Crippen LogP contribution is 2.21. The summed E-state index contributed by atoms with van der Waals surface area (Å²) in [7, 11) is 0. The van der Waals surface area contributed by atoms with E-state index < -0.39 is 0 Å². The first-order valence-electron chi connectivity index (χ1n) is 6.94. The summed E-state index contributed by atoms with van der Waals surface area (Å²) in [5.41, 5.74) is 5.93. The first kappa shape index (κ1) is 13.8. The summed E-state index contributed by atoms with van der Waals surface area (Å²) >= 11 is 0. The molecule has 5 nitrogen and oxygen atoms in total. The summed E-state index contributed by atoms with van der Waals surface area (Å²) in [5.74, 6) is 0.0810. The molecular weight excluding hydrogens is 232 g/mol. The second kappa shape index (κ2) is 6.50. The Morgan fingerprint density at radius 3 is 2.78 bits per heavy atom. The van der Waals surface area contributed by atoms with E-state index in [1.807, 2.05) is 11.8 Å². The summed E-state index contributed by atoms with van der Waals surface area (Å²) in [4.78, 5) is 14.0. The molecular formula is C13H24N2O3. The molecule has 1 amide bonds. The number of carbonyl (C=O) groups excluding carboxylic acids is 1. The van der Waals surface area contributed by atoms with Gasteiger partial charge in [-0.1, -0.05) is 0 Å². The van der Waals surface area contributed by atoms with Crippen molar-refractivity contribution in [2.24, 2.45) is 5.73 Å². The van der Waals surface area contributed by atoms with Crippen LogP contribution in [-0.2, 0) is 14.3 Å². The van der Waals surface area contributed by atoms with E-state index in [0.29, 0.717) is 26.3 Å². The summed E-state index contributed by atoms with van der Waals surface area (Å²) in [6.07, 6.45) is 3.86. The molecule has 3 unspecified atom stereocenters. The number of hydrogen-bond acceptors (Lipinski definition) is 4. The van der Waals surface area contributed by atoms with Crippen LogP contribution in [0.2, 0.25) is 0 Å². The average molecular weight is 256 g/mol. The Kier molecular flexibility index (Phi) is 4.97. The zero-order valence-corrected chi connectivity index (χ0v) is 11.1. The molecule has 0 aromatic heterocycles. The molecule has 5 heteroatoms. The summed E-state index contributed by atoms with van der Waals surface area (Å²) in [6, 6.07) is 0.231. The summed E-state index contributed by atoms with van der Waals surface area (Å²) in [5, 5.41) is 0. The predicted octanol–water partition coefficient (Wildman–Crippen LogP) is 0.520. The SMILES string of the molecule is CC(OC1CCCC(N)C1)C(=O)N1CCOCC1. The van der Waals surface area contributed by atoms with Gasteiger partial charge in [0.25, 0.3) is 5.91 Å². The molecule has 2 rings (SSSR count). The van der Waals surface area contributed by atoms with E-state index in [1.165, 1.54) is 0 Å². The Hall–Kier alpha value is -0.650. The molecule has 18 heavy (non-hydrogen) atoms. The first-order valence-corrected chi connectivity index (χ1v) is 6.94. The lowest BCUT2D eigenvalue weighted by atomic mass is 9.93. The molecule has 2 N–H and O–H groups in total. The molecule has 3 atom stereocenters. The Labute approximate surface area is 109 Å². The minimum Gasteiger partial charge on any atom is -0.378 e. The molecule has 1 aliphatic heterocycles. The highest BCUT2D eigenvalue weighted by Gasteiger charge is 2.27. The van der Waals surface area contributed by atoms with E-state index in [0.717, 1.165) is 25.7 Å². The van der Waals surface area contributed by atoms with E-state index in [2.05, 4.69) is 0 Å². The third-order valence-electron chi connectivity index (χ3n) is 3.73. The number of amides is 1. The fraction of sp³-hybridized carbons (Fsp3) is 0.923. The van der Waals surface area contributed by atoms with Gasteiger partial charge in [0.15, 0.2) is 0 Å². The van der Waals surface area contributed by atoms with Crippen LogP contribution in [0.4, 0.5) is 0 Å². The van der Waals surface area contributed by atoms with Crippen LogP contribution in [0, 0.1) is 0 Å². The lowest BCUT2D eigenvalue weighted by molar-refractivity contribution is -0.151. The number of nitrogens with zero attached hydrogens (tertiary/aromatic N) is 1. The number of ether oxygens (including phenoxy) is 2. The second-order valence-corrected chi connectivity index (χ2v) is 5.26. The molecule has 2 aliphatic rings. The number of hydrogen-bond donors (Lipinski definition) is 1. The lowest BCUT2D eigenvalue weighted by Crippen LogP contribution is -2.47. The van der Waals surface area contributed by atoms with Crippen LogP contribution in [0.15, 0.2) is 0 Å². The summed E-state index contributed by atoms with van der Waals surface area (Å²) in [6.45, 7) is 4.46. The van der Waals surface area contributed by atoms with Crippen molar-refractivity contribution < 1.29 is 14.3 Å². The van der Waals surface area contributed by atoms with Gasteiger partial charge in [0.05, 0.1) is 19.3 Å². The van der Waals surface area contributed by atoms with Gasteiger partial charge in [-0.15, -0.1) is 0 Å². The molecule has 0 aromatic carbocycles. The van der Waals surface area contributed by atoms with Gasteiger partial charge in [0, 0.05) is 19.1 Å². The Bertz CT molecular complexity index is 279. The van der Waals surface area contributed by atoms with Crippen molar-refractivity contribution in [2.45, 2.75) is 50.9 Å². The van der Waals surface area contributed by atoms with Gasteiger partial charge in [-0.2, -0.15) is 0 Å². The average Bonchev–Trinajstić information content (AvgIpc) is 2.39. The summed E-state index contributed by atoms with van der Waals surface area (Å²) < 4.78 is 11.1. The zero-order chi connectivity index (χ0) is 13.0. The Balaban J connectivity index is 1.79. The maximum Gasteiger partial charge on any atom is 0.251 e. The monoisotopic (exact) mass is 256 g/mol. The molecule has 1 aliphatic carbocycles. The van der Waals surface area contributed by atoms with Crippen LogP contribution >= 0.6 is 0 Å². The van der Waals surface area contributed by atoms with Crippen molar-refractivity contribution in [2.75, 3.05) is 26.3 Å². The number of carbonyl (C=O) groups is 1. The van der Waals surface area contributed by atoms with Gasteiger partial charge < -0.3 is 20.1 Å². The van der Waals surface area contributed by atoms with E-state index in [1.54, 1.807) is 0 Å². The Morgan fingerprint density at radius 2 is 2.11 bits per heavy atom. The fourth-order valence-electron chi connectivity index (χ4n) is 2.69. The standard InChI is InChI=1S/C13H24N2O3/c1-10(13(16)15-5-7-17-8-6-15)18-12-4-2-3-11(14)9-12/h10-12H,2-9,14H2,1H3. The molecule has 0 spiro atoms.